The quantitative estimate of drug-likeness (QED) is 0.351. The number of anilines is 2. The van der Waals surface area contributed by atoms with Gasteiger partial charge < -0.3 is 15.0 Å². The van der Waals surface area contributed by atoms with E-state index in [1.165, 1.54) is 11.8 Å². The zero-order valence-electron chi connectivity index (χ0n) is 18.9. The Bertz CT molecular complexity index is 1220. The van der Waals surface area contributed by atoms with Crippen LogP contribution in [0.1, 0.15) is 6.92 Å². The van der Waals surface area contributed by atoms with Crippen LogP contribution in [0.15, 0.2) is 71.2 Å². The molecule has 1 atom stereocenters. The predicted molar refractivity (Wildman–Crippen MR) is 136 cm³/mol. The first-order valence-electron chi connectivity index (χ1n) is 10.4. The number of hydrogen-bond acceptors (Lipinski definition) is 7. The summed E-state index contributed by atoms with van der Waals surface area (Å²) < 4.78 is 7.54. The SMILES string of the molecule is COc1ccccc1-n1c(S[C@@H](C)C(=O)Nc2ccc(N(C)C)cc2)nnc1-c1cccs1. The molecule has 33 heavy (non-hydrogen) atoms. The number of thiophene rings is 1. The fraction of sp³-hybridized carbons (Fsp3) is 0.208. The van der Waals surface area contributed by atoms with E-state index in [1.807, 2.05) is 96.5 Å². The number of thioether (sulfide) groups is 1. The van der Waals surface area contributed by atoms with Crippen LogP contribution in [0, 0.1) is 0 Å². The number of hydrogen-bond donors (Lipinski definition) is 1. The third kappa shape index (κ3) is 5.04. The monoisotopic (exact) mass is 479 g/mol. The molecule has 0 aliphatic rings. The van der Waals surface area contributed by atoms with Gasteiger partial charge in [-0.3, -0.25) is 9.36 Å². The molecule has 0 radical (unpaired) electrons. The minimum absolute atomic E-state index is 0.107. The Morgan fingerprint density at radius 2 is 1.85 bits per heavy atom. The van der Waals surface area contributed by atoms with Crippen LogP contribution in [0.5, 0.6) is 5.75 Å². The number of nitrogens with zero attached hydrogens (tertiary/aromatic N) is 4. The number of nitrogens with one attached hydrogen (secondary N) is 1. The number of carbonyl (C=O) groups is 1. The maximum absolute atomic E-state index is 12.9. The second-order valence-electron chi connectivity index (χ2n) is 7.48. The molecule has 170 valence electrons. The summed E-state index contributed by atoms with van der Waals surface area (Å²) in [6.45, 7) is 1.86. The fourth-order valence-corrected chi connectivity index (χ4v) is 4.80. The average molecular weight is 480 g/mol. The lowest BCUT2D eigenvalue weighted by molar-refractivity contribution is -0.115. The van der Waals surface area contributed by atoms with E-state index in [1.54, 1.807) is 18.4 Å². The van der Waals surface area contributed by atoms with Crippen molar-refractivity contribution in [3.05, 3.63) is 66.0 Å². The number of carbonyl (C=O) groups excluding carboxylic acids is 1. The van der Waals surface area contributed by atoms with Gasteiger partial charge in [0.1, 0.15) is 5.75 Å². The molecule has 4 rings (SSSR count). The lowest BCUT2D eigenvalue weighted by atomic mass is 10.2. The van der Waals surface area contributed by atoms with E-state index in [9.17, 15) is 4.79 Å². The first-order chi connectivity index (χ1) is 16.0. The molecule has 0 saturated carbocycles. The van der Waals surface area contributed by atoms with Gasteiger partial charge >= 0.3 is 0 Å². The normalized spacial score (nSPS) is 11.8. The Kier molecular flexibility index (Phi) is 7.00. The lowest BCUT2D eigenvalue weighted by Crippen LogP contribution is -2.23. The molecule has 2 aromatic carbocycles. The molecule has 1 N–H and O–H groups in total. The van der Waals surface area contributed by atoms with Crippen molar-refractivity contribution < 1.29 is 9.53 Å². The van der Waals surface area contributed by atoms with Gasteiger partial charge in [0.15, 0.2) is 11.0 Å². The second-order valence-corrected chi connectivity index (χ2v) is 9.74. The van der Waals surface area contributed by atoms with E-state index in [0.717, 1.165) is 21.9 Å². The van der Waals surface area contributed by atoms with E-state index < -0.39 is 5.25 Å². The molecule has 0 fully saturated rings. The molecule has 0 aliphatic carbocycles. The van der Waals surface area contributed by atoms with Crippen LogP contribution in [0.2, 0.25) is 0 Å². The van der Waals surface area contributed by atoms with Gasteiger partial charge in [-0.05, 0) is 54.8 Å². The Labute approximate surface area is 201 Å². The van der Waals surface area contributed by atoms with E-state index >= 15 is 0 Å². The highest BCUT2D eigenvalue weighted by Crippen LogP contribution is 2.35. The molecular formula is C24H25N5O2S2. The Balaban J connectivity index is 1.60. The van der Waals surface area contributed by atoms with E-state index in [0.29, 0.717) is 16.7 Å². The highest BCUT2D eigenvalue weighted by Gasteiger charge is 2.23. The minimum atomic E-state index is -0.396. The summed E-state index contributed by atoms with van der Waals surface area (Å²) >= 11 is 2.94. The number of benzene rings is 2. The molecule has 0 unspecified atom stereocenters. The van der Waals surface area contributed by atoms with Gasteiger partial charge in [0.25, 0.3) is 0 Å². The van der Waals surface area contributed by atoms with Crippen molar-refractivity contribution in [2.45, 2.75) is 17.3 Å². The van der Waals surface area contributed by atoms with Gasteiger partial charge in [0, 0.05) is 25.5 Å². The molecule has 2 aromatic heterocycles. The second kappa shape index (κ2) is 10.1. The van der Waals surface area contributed by atoms with Crippen LogP contribution in [-0.2, 0) is 4.79 Å². The van der Waals surface area contributed by atoms with Gasteiger partial charge in [-0.1, -0.05) is 30.0 Å². The molecular weight excluding hydrogens is 454 g/mol. The summed E-state index contributed by atoms with van der Waals surface area (Å²) in [4.78, 5) is 15.9. The van der Waals surface area contributed by atoms with Gasteiger partial charge in [-0.25, -0.2) is 0 Å². The van der Waals surface area contributed by atoms with Crippen LogP contribution in [0.25, 0.3) is 16.4 Å². The minimum Gasteiger partial charge on any atom is -0.495 e. The maximum atomic E-state index is 12.9. The maximum Gasteiger partial charge on any atom is 0.237 e. The molecule has 1 amide bonds. The van der Waals surface area contributed by atoms with Crippen molar-refractivity contribution in [3.63, 3.8) is 0 Å². The standard InChI is InChI=1S/C24H25N5O2S2/c1-16(23(30)25-17-11-13-18(14-12-17)28(2)3)33-24-27-26-22(21-10-7-15-32-21)29(24)19-8-5-6-9-20(19)31-4/h5-16H,1-4H3,(H,25,30)/t16-/m0/s1. The predicted octanol–water partition coefficient (Wildman–Crippen LogP) is 5.19. The molecule has 4 aromatic rings. The van der Waals surface area contributed by atoms with Gasteiger partial charge in [-0.15, -0.1) is 21.5 Å². The molecule has 2 heterocycles. The number of methoxy groups -OCH3 is 1. The number of para-hydroxylation sites is 2. The number of aromatic nitrogens is 3. The molecule has 7 nitrogen and oxygen atoms in total. The lowest BCUT2D eigenvalue weighted by Gasteiger charge is -2.16. The van der Waals surface area contributed by atoms with Crippen molar-refractivity contribution >= 4 is 40.4 Å². The van der Waals surface area contributed by atoms with Gasteiger partial charge in [0.2, 0.25) is 5.91 Å². The van der Waals surface area contributed by atoms with Gasteiger partial charge in [0.05, 0.1) is 22.9 Å². The summed E-state index contributed by atoms with van der Waals surface area (Å²) in [7, 11) is 5.60. The summed E-state index contributed by atoms with van der Waals surface area (Å²) in [5.41, 5.74) is 2.65. The summed E-state index contributed by atoms with van der Waals surface area (Å²) in [5.74, 6) is 1.31. The van der Waals surface area contributed by atoms with Crippen LogP contribution in [-0.4, -0.2) is 47.1 Å². The molecule has 0 saturated heterocycles. The van der Waals surface area contributed by atoms with Crippen molar-refractivity contribution in [3.8, 4) is 22.1 Å². The zero-order chi connectivity index (χ0) is 23.4. The Morgan fingerprint density at radius 1 is 1.09 bits per heavy atom. The number of amides is 1. The third-order valence-corrected chi connectivity index (χ3v) is 6.91. The first-order valence-corrected chi connectivity index (χ1v) is 12.1. The Hall–Kier alpha value is -3.30. The van der Waals surface area contributed by atoms with Crippen molar-refractivity contribution in [2.24, 2.45) is 0 Å². The molecule has 0 aliphatic heterocycles. The molecule has 9 heteroatoms. The van der Waals surface area contributed by atoms with Crippen LogP contribution in [0.4, 0.5) is 11.4 Å². The van der Waals surface area contributed by atoms with Crippen LogP contribution >= 0.6 is 23.1 Å². The van der Waals surface area contributed by atoms with Crippen molar-refractivity contribution in [1.29, 1.82) is 0 Å². The average Bonchev–Trinajstić information content (AvgIpc) is 3.49. The summed E-state index contributed by atoms with van der Waals surface area (Å²) in [6.07, 6.45) is 0. The zero-order valence-corrected chi connectivity index (χ0v) is 20.5. The van der Waals surface area contributed by atoms with Crippen molar-refractivity contribution in [1.82, 2.24) is 14.8 Å². The fourth-order valence-electron chi connectivity index (χ4n) is 3.24. The largest absolute Gasteiger partial charge is 0.495 e. The number of rotatable bonds is 8. The number of ether oxygens (including phenoxy) is 1. The van der Waals surface area contributed by atoms with Gasteiger partial charge in [-0.2, -0.15) is 0 Å². The van der Waals surface area contributed by atoms with Crippen LogP contribution in [0.3, 0.4) is 0 Å². The Morgan fingerprint density at radius 3 is 2.52 bits per heavy atom. The van der Waals surface area contributed by atoms with E-state index in [4.69, 9.17) is 4.74 Å². The van der Waals surface area contributed by atoms with Crippen molar-refractivity contribution in [2.75, 3.05) is 31.4 Å². The van der Waals surface area contributed by atoms with E-state index in [-0.39, 0.29) is 5.91 Å². The molecule has 0 spiro atoms. The van der Waals surface area contributed by atoms with Crippen LogP contribution < -0.4 is 15.0 Å². The topological polar surface area (TPSA) is 72.3 Å². The highest BCUT2D eigenvalue weighted by molar-refractivity contribution is 8.00. The highest BCUT2D eigenvalue weighted by atomic mass is 32.2. The third-order valence-electron chi connectivity index (χ3n) is 5.00. The first kappa shape index (κ1) is 22.9. The van der Waals surface area contributed by atoms with E-state index in [2.05, 4.69) is 15.5 Å². The smallest absolute Gasteiger partial charge is 0.237 e. The molecule has 0 bridgehead atoms. The summed E-state index contributed by atoms with van der Waals surface area (Å²) in [6, 6.07) is 19.4. The summed E-state index contributed by atoms with van der Waals surface area (Å²) in [5, 5.41) is 14.1.